The number of carbonyl (C=O) groups is 3. The number of ether oxygens (including phenoxy) is 1. The van der Waals surface area contributed by atoms with Crippen molar-refractivity contribution >= 4 is 34.2 Å². The second kappa shape index (κ2) is 9.64. The van der Waals surface area contributed by atoms with E-state index in [0.717, 1.165) is 29.5 Å². The van der Waals surface area contributed by atoms with E-state index in [1.807, 2.05) is 40.8 Å². The van der Waals surface area contributed by atoms with E-state index in [4.69, 9.17) is 4.74 Å². The molecule has 3 fully saturated rings. The van der Waals surface area contributed by atoms with Crippen molar-refractivity contribution in [3.63, 3.8) is 0 Å². The maximum absolute atomic E-state index is 14.4. The molecule has 7 rings (SSSR count). The molecule has 0 radical (unpaired) electrons. The van der Waals surface area contributed by atoms with Crippen LogP contribution in [0.4, 0.5) is 0 Å². The van der Waals surface area contributed by atoms with Gasteiger partial charge in [0.05, 0.1) is 5.92 Å². The number of benzene rings is 1. The molecule has 10 nitrogen and oxygen atoms in total. The van der Waals surface area contributed by atoms with Gasteiger partial charge in [-0.05, 0) is 68.3 Å². The van der Waals surface area contributed by atoms with Crippen molar-refractivity contribution in [2.45, 2.75) is 90.1 Å². The van der Waals surface area contributed by atoms with E-state index in [0.29, 0.717) is 25.9 Å². The zero-order valence-corrected chi connectivity index (χ0v) is 25.9. The van der Waals surface area contributed by atoms with E-state index >= 15 is 0 Å². The first-order valence-corrected chi connectivity index (χ1v) is 15.8. The lowest BCUT2D eigenvalue weighted by atomic mass is 9.79. The predicted molar refractivity (Wildman–Crippen MR) is 161 cm³/mol. The Labute approximate surface area is 252 Å². The highest BCUT2D eigenvalue weighted by atomic mass is 16.7. The molecule has 5 aliphatic rings. The number of rotatable bonds is 5. The van der Waals surface area contributed by atoms with Crippen molar-refractivity contribution in [1.29, 1.82) is 0 Å². The molecule has 230 valence electrons. The van der Waals surface area contributed by atoms with Gasteiger partial charge in [-0.15, -0.1) is 0 Å². The number of aromatic amines is 1. The second-order valence-corrected chi connectivity index (χ2v) is 14.0. The molecule has 1 aromatic heterocycles. The molecule has 0 bridgehead atoms. The van der Waals surface area contributed by atoms with Gasteiger partial charge in [0.25, 0.3) is 11.8 Å². The number of carbonyl (C=O) groups excluding carboxylic acids is 3. The first kappa shape index (κ1) is 28.6. The first-order chi connectivity index (χ1) is 20.4. The molecular formula is C33H43N5O5. The largest absolute Gasteiger partial charge is 0.358 e. The molecule has 3 amide bonds. The second-order valence-electron chi connectivity index (χ2n) is 14.0. The zero-order chi connectivity index (χ0) is 30.6. The normalized spacial score (nSPS) is 33.7. The lowest BCUT2D eigenvalue weighted by Crippen LogP contribution is -2.71. The molecule has 5 heterocycles. The third-order valence-electron chi connectivity index (χ3n) is 10.5. The van der Waals surface area contributed by atoms with E-state index in [-0.39, 0.29) is 23.8 Å². The number of hydrogen-bond acceptors (Lipinski definition) is 6. The van der Waals surface area contributed by atoms with Crippen molar-refractivity contribution in [2.24, 2.45) is 17.8 Å². The Bertz CT molecular complexity index is 1560. The Balaban J connectivity index is 1.25. The Hall–Kier alpha value is -3.21. The van der Waals surface area contributed by atoms with Gasteiger partial charge < -0.3 is 20.3 Å². The summed E-state index contributed by atoms with van der Waals surface area (Å²) in [5, 5.41) is 16.4. The Morgan fingerprint density at radius 1 is 1.23 bits per heavy atom. The molecule has 2 aromatic rings. The Morgan fingerprint density at radius 2 is 2.00 bits per heavy atom. The Kier molecular flexibility index (Phi) is 6.40. The van der Waals surface area contributed by atoms with Gasteiger partial charge in [-0.1, -0.05) is 45.9 Å². The number of H-pyrrole nitrogens is 1. The van der Waals surface area contributed by atoms with Crippen LogP contribution in [0.1, 0.15) is 63.8 Å². The van der Waals surface area contributed by atoms with Crippen LogP contribution in [0.15, 0.2) is 24.3 Å². The Morgan fingerprint density at radius 3 is 2.72 bits per heavy atom. The van der Waals surface area contributed by atoms with Crippen molar-refractivity contribution < 1.29 is 24.2 Å². The molecule has 4 aliphatic heterocycles. The summed E-state index contributed by atoms with van der Waals surface area (Å²) in [5.41, 5.74) is 4.04. The van der Waals surface area contributed by atoms with Gasteiger partial charge in [0.1, 0.15) is 12.1 Å². The summed E-state index contributed by atoms with van der Waals surface area (Å²) in [7, 11) is 2.04. The molecule has 3 N–H and O–H groups in total. The third-order valence-corrected chi connectivity index (χ3v) is 10.5. The standard InChI is InChI=1S/C33H43N5O5/c1-17(2)13-26-30(40)37-12-8-11-27(37)33(42)38(26)31(41)32(43-33,18(3)4)35-29(39)20-14-23-21-9-7-10-24-28(21)22(19(5)34-24)15-25(23)36(6)16-20/h7,9-10,14,17-18,20,25-27,34,42H,8,11-13,15-16H2,1-6H3,(H,35,39)/t20-,25+,26+,27+,32-,33+/m1/s1. The van der Waals surface area contributed by atoms with E-state index < -0.39 is 41.5 Å². The monoisotopic (exact) mass is 589 g/mol. The average molecular weight is 590 g/mol. The minimum Gasteiger partial charge on any atom is -0.358 e. The maximum Gasteiger partial charge on any atom is 0.281 e. The molecule has 43 heavy (non-hydrogen) atoms. The van der Waals surface area contributed by atoms with Crippen LogP contribution >= 0.6 is 0 Å². The van der Waals surface area contributed by atoms with Crippen molar-refractivity contribution in [3.05, 3.63) is 41.1 Å². The van der Waals surface area contributed by atoms with Crippen LogP contribution in [0.3, 0.4) is 0 Å². The van der Waals surface area contributed by atoms with Gasteiger partial charge in [0.15, 0.2) is 0 Å². The van der Waals surface area contributed by atoms with E-state index in [1.54, 1.807) is 4.90 Å². The van der Waals surface area contributed by atoms with Crippen LogP contribution < -0.4 is 5.32 Å². The summed E-state index contributed by atoms with van der Waals surface area (Å²) in [6.45, 7) is 10.7. The number of nitrogens with zero attached hydrogens (tertiary/aromatic N) is 3. The van der Waals surface area contributed by atoms with Crippen molar-refractivity contribution in [2.75, 3.05) is 20.1 Å². The zero-order valence-electron chi connectivity index (χ0n) is 25.9. The van der Waals surface area contributed by atoms with Gasteiger partial charge in [0.2, 0.25) is 17.5 Å². The quantitative estimate of drug-likeness (QED) is 0.494. The topological polar surface area (TPSA) is 118 Å². The number of aliphatic hydroxyl groups is 1. The number of aromatic nitrogens is 1. The highest BCUT2D eigenvalue weighted by molar-refractivity contribution is 6.01. The molecular weight excluding hydrogens is 546 g/mol. The lowest BCUT2D eigenvalue weighted by Gasteiger charge is -2.49. The van der Waals surface area contributed by atoms with Gasteiger partial charge in [-0.3, -0.25) is 28.9 Å². The molecule has 0 spiro atoms. The smallest absolute Gasteiger partial charge is 0.281 e. The van der Waals surface area contributed by atoms with Gasteiger partial charge in [0, 0.05) is 41.6 Å². The van der Waals surface area contributed by atoms with Crippen LogP contribution in [-0.4, -0.2) is 92.4 Å². The van der Waals surface area contributed by atoms with Gasteiger partial charge in [-0.25, -0.2) is 0 Å². The molecule has 6 atom stereocenters. The van der Waals surface area contributed by atoms with Crippen molar-refractivity contribution in [1.82, 2.24) is 25.0 Å². The summed E-state index contributed by atoms with van der Waals surface area (Å²) in [4.78, 5) is 50.9. The van der Waals surface area contributed by atoms with E-state index in [9.17, 15) is 19.5 Å². The highest BCUT2D eigenvalue weighted by Gasteiger charge is 2.72. The van der Waals surface area contributed by atoms with E-state index in [1.165, 1.54) is 21.5 Å². The van der Waals surface area contributed by atoms with E-state index in [2.05, 4.69) is 40.3 Å². The fourth-order valence-corrected chi connectivity index (χ4v) is 8.37. The fraction of sp³-hybridized carbons (Fsp3) is 0.606. The van der Waals surface area contributed by atoms with Gasteiger partial charge >= 0.3 is 0 Å². The number of piperazine rings is 1. The third kappa shape index (κ3) is 3.92. The lowest BCUT2D eigenvalue weighted by molar-refractivity contribution is -0.322. The molecule has 1 aromatic carbocycles. The van der Waals surface area contributed by atoms with Gasteiger partial charge in [-0.2, -0.15) is 0 Å². The highest BCUT2D eigenvalue weighted by Crippen LogP contribution is 2.48. The number of nitrogens with one attached hydrogen (secondary N) is 2. The SMILES string of the molecule is Cc1[nH]c2cccc3c2c1C[C@H]1C3=C[C@@H](C(=O)N[C@]2(C(C)C)O[C@@]3(O)[C@@H]4CCCN4C(=O)[C@H](CC(C)C)N3C2=O)CN1C. The molecule has 3 saturated heterocycles. The number of fused-ring (bicyclic) bond motifs is 5. The van der Waals surface area contributed by atoms with Crippen LogP contribution in [0.25, 0.3) is 16.5 Å². The minimum atomic E-state index is -2.01. The number of hydrogen-bond donors (Lipinski definition) is 3. The number of amides is 3. The van der Waals surface area contributed by atoms with Crippen LogP contribution in [0.5, 0.6) is 0 Å². The molecule has 1 aliphatic carbocycles. The maximum atomic E-state index is 14.4. The predicted octanol–water partition coefficient (Wildman–Crippen LogP) is 2.74. The number of aryl methyl sites for hydroxylation is 1. The van der Waals surface area contributed by atoms with Crippen LogP contribution in [-0.2, 0) is 25.5 Å². The average Bonchev–Trinajstić information content (AvgIpc) is 3.63. The van der Waals surface area contributed by atoms with Crippen molar-refractivity contribution in [3.8, 4) is 0 Å². The summed E-state index contributed by atoms with van der Waals surface area (Å²) >= 11 is 0. The molecule has 10 heteroatoms. The fourth-order valence-electron chi connectivity index (χ4n) is 8.37. The first-order valence-electron chi connectivity index (χ1n) is 15.8. The summed E-state index contributed by atoms with van der Waals surface area (Å²) in [6, 6.07) is 4.87. The summed E-state index contributed by atoms with van der Waals surface area (Å²) in [5.74, 6) is -3.97. The van der Waals surface area contributed by atoms with Crippen LogP contribution in [0.2, 0.25) is 0 Å². The van der Waals surface area contributed by atoms with Crippen LogP contribution in [0, 0.1) is 24.7 Å². The summed E-state index contributed by atoms with van der Waals surface area (Å²) in [6.07, 6.45) is 4.56. The molecule has 0 unspecified atom stereocenters. The number of likely N-dealkylation sites (N-methyl/N-ethyl adjacent to an activating group) is 1. The summed E-state index contributed by atoms with van der Waals surface area (Å²) < 4.78 is 6.45. The molecule has 0 saturated carbocycles. The minimum absolute atomic E-state index is 0.107.